The first-order valence-corrected chi connectivity index (χ1v) is 30.0. The molecule has 4 aliphatic rings. The maximum absolute atomic E-state index is 12.0. The van der Waals surface area contributed by atoms with E-state index in [1.54, 1.807) is 55.4 Å². The number of rotatable bonds is 26. The minimum atomic E-state index is -0.803. The molecule has 0 atom stereocenters. The summed E-state index contributed by atoms with van der Waals surface area (Å²) in [6.45, 7) is 26.0. The molecule has 0 radical (unpaired) electrons. The first-order valence-electron chi connectivity index (χ1n) is 28.8. The van der Waals surface area contributed by atoms with Crippen molar-refractivity contribution in [2.75, 3.05) is 174 Å². The number of hydrogen-bond acceptors (Lipinski definition) is 12. The van der Waals surface area contributed by atoms with Gasteiger partial charge in [0, 0.05) is 60.6 Å². The Morgan fingerprint density at radius 3 is 0.943 bits per heavy atom. The molecule has 4 heterocycles. The number of azide groups is 2. The molecule has 28 nitrogen and oxygen atoms in total. The van der Waals surface area contributed by atoms with Crippen molar-refractivity contribution in [1.29, 1.82) is 0 Å². The molecular formula is C58H107BrKN19O9+4. The average molecular weight is 1330 g/mol. The Hall–Kier alpha value is -5.06. The second-order valence-electron chi connectivity index (χ2n) is 26.3. The Kier molecular flexibility index (Phi) is 42.0. The maximum atomic E-state index is 12.0. The summed E-state index contributed by atoms with van der Waals surface area (Å²) >= 11 is 3.26. The molecule has 0 aromatic carbocycles. The van der Waals surface area contributed by atoms with Crippen LogP contribution in [0.5, 0.6) is 0 Å². The third-order valence-corrected chi connectivity index (χ3v) is 14.3. The molecule has 12 amide bonds. The fourth-order valence-electron chi connectivity index (χ4n) is 8.66. The number of urea groups is 4. The van der Waals surface area contributed by atoms with Crippen LogP contribution < -0.4 is 72.7 Å². The van der Waals surface area contributed by atoms with Crippen molar-refractivity contribution in [2.24, 2.45) is 10.2 Å². The molecule has 30 heteroatoms. The summed E-state index contributed by atoms with van der Waals surface area (Å²) in [6.07, 6.45) is 19.7. The average Bonchev–Trinajstić information content (AvgIpc) is 1.91. The predicted molar refractivity (Wildman–Crippen MR) is 342 cm³/mol. The van der Waals surface area contributed by atoms with Gasteiger partial charge in [0.25, 0.3) is 23.6 Å². The summed E-state index contributed by atoms with van der Waals surface area (Å²) in [7, 11) is 20.4. The Morgan fingerprint density at radius 2 is 0.750 bits per heavy atom. The van der Waals surface area contributed by atoms with Gasteiger partial charge in [-0.3, -0.25) is 43.7 Å². The van der Waals surface area contributed by atoms with Crippen molar-refractivity contribution in [3.63, 3.8) is 0 Å². The minimum Gasteiger partial charge on any atom is -0.870 e. The van der Waals surface area contributed by atoms with Crippen LogP contribution in [0.15, 0.2) is 10.2 Å². The molecule has 0 aromatic rings. The van der Waals surface area contributed by atoms with Crippen LogP contribution in [-0.4, -0.2) is 292 Å². The van der Waals surface area contributed by atoms with Crippen molar-refractivity contribution < 1.29 is 113 Å². The number of likely N-dealkylation sites (N-methyl/N-ethyl adjacent to an activating group) is 2. The molecule has 0 aromatic heterocycles. The van der Waals surface area contributed by atoms with E-state index in [1.807, 2.05) is 61.3 Å². The molecule has 0 bridgehead atoms. The molecule has 5 N–H and O–H groups in total. The van der Waals surface area contributed by atoms with E-state index in [2.05, 4.69) is 96.0 Å². The van der Waals surface area contributed by atoms with Crippen molar-refractivity contribution in [3.8, 4) is 37.0 Å². The van der Waals surface area contributed by atoms with Crippen molar-refractivity contribution in [2.45, 2.75) is 117 Å². The number of quaternary nitrogens is 4. The first kappa shape index (κ1) is 89.4. The van der Waals surface area contributed by atoms with Gasteiger partial charge in [-0.25, -0.2) is 19.2 Å². The van der Waals surface area contributed by atoms with Gasteiger partial charge in [-0.05, 0) is 105 Å². The number of hydrogen-bond donors (Lipinski definition) is 4. The van der Waals surface area contributed by atoms with Crippen LogP contribution in [-0.2, 0) is 19.2 Å². The summed E-state index contributed by atoms with van der Waals surface area (Å²) in [4.78, 5) is 106. The maximum Gasteiger partial charge on any atom is 1.00 e. The summed E-state index contributed by atoms with van der Waals surface area (Å²) in [5, 5.41) is 18.4. The SMILES string of the molecule is C#CCN(C)C.C#CC[N+](C)(C)CCCN1C(=O)NC(C)(C)C1=O.C#CC[N+](C)(C)CCCN1C(=O)NC(C)(C)C1=O.CC1(C)NC(=O)N(CCCBr)C1=O.CC1(C)NC(=O)N(CCC[N+](C)(C)CCN=[N+]=[N-])C1=O.CCC[N+](C)(C)CCN=[N+]=[N-].[K+].[OH-]. The third-order valence-electron chi connectivity index (χ3n) is 13.7. The van der Waals surface area contributed by atoms with E-state index in [0.717, 1.165) is 81.3 Å². The number of carbonyl (C=O) groups is 8. The summed E-state index contributed by atoms with van der Waals surface area (Å²) < 4.78 is 3.02. The Labute approximate surface area is 576 Å². The molecular weight excluding hydrogens is 1230 g/mol. The van der Waals surface area contributed by atoms with Gasteiger partial charge in [0.1, 0.15) is 35.2 Å². The first-order chi connectivity index (χ1) is 39.5. The van der Waals surface area contributed by atoms with Crippen LogP contribution in [0, 0.1) is 37.0 Å². The largest absolute Gasteiger partial charge is 1.00 e. The number of amides is 12. The Balaban J connectivity index is -0.000000492. The molecule has 4 fully saturated rings. The van der Waals surface area contributed by atoms with E-state index in [1.165, 1.54) is 26.0 Å². The zero-order chi connectivity index (χ0) is 67.1. The van der Waals surface area contributed by atoms with E-state index in [-0.39, 0.29) is 105 Å². The summed E-state index contributed by atoms with van der Waals surface area (Å²) in [5.74, 6) is 7.12. The van der Waals surface area contributed by atoms with Crippen LogP contribution in [0.4, 0.5) is 19.2 Å². The normalized spacial score (nSPS) is 16.7. The molecule has 88 heavy (non-hydrogen) atoms. The molecule has 4 rings (SSSR count). The monoisotopic (exact) mass is 1330 g/mol. The van der Waals surface area contributed by atoms with Gasteiger partial charge in [-0.2, -0.15) is 0 Å². The molecule has 0 unspecified atom stereocenters. The molecule has 0 saturated carbocycles. The molecule has 0 aliphatic carbocycles. The van der Waals surface area contributed by atoms with E-state index >= 15 is 0 Å². The van der Waals surface area contributed by atoms with E-state index in [9.17, 15) is 38.4 Å². The van der Waals surface area contributed by atoms with Crippen LogP contribution in [0.1, 0.15) is 94.4 Å². The molecule has 492 valence electrons. The van der Waals surface area contributed by atoms with Gasteiger partial charge >= 0.3 is 75.5 Å². The minimum absolute atomic E-state index is 0. The van der Waals surface area contributed by atoms with Crippen LogP contribution >= 0.6 is 15.9 Å². The number of carbonyl (C=O) groups excluding carboxylic acids is 8. The second kappa shape index (κ2) is 41.3. The van der Waals surface area contributed by atoms with E-state index in [0.29, 0.717) is 65.8 Å². The number of terminal acetylenes is 3. The van der Waals surface area contributed by atoms with Crippen LogP contribution in [0.3, 0.4) is 0 Å². The number of halogens is 1. The number of nitrogens with one attached hydrogen (secondary N) is 4. The number of imide groups is 4. The summed E-state index contributed by atoms with van der Waals surface area (Å²) in [5.41, 5.74) is 13.2. The smallest absolute Gasteiger partial charge is 0.870 e. The van der Waals surface area contributed by atoms with Gasteiger partial charge in [0.2, 0.25) is 0 Å². The molecule has 4 aliphatic heterocycles. The van der Waals surface area contributed by atoms with Crippen molar-refractivity contribution >= 4 is 63.7 Å². The third kappa shape index (κ3) is 34.2. The van der Waals surface area contributed by atoms with Crippen molar-refractivity contribution in [1.82, 2.24) is 45.8 Å². The van der Waals surface area contributed by atoms with Crippen LogP contribution in [0.25, 0.3) is 20.9 Å². The number of nitrogens with zero attached hydrogens (tertiary/aromatic N) is 15. The summed E-state index contributed by atoms with van der Waals surface area (Å²) in [6, 6.07) is -1.20. The van der Waals surface area contributed by atoms with E-state index in [4.69, 9.17) is 30.3 Å². The zero-order valence-electron chi connectivity index (χ0n) is 56.9. The fraction of sp³-hybridized carbons (Fsp3) is 0.759. The Bertz CT molecular complexity index is 2450. The predicted octanol–water partition coefficient (Wildman–Crippen LogP) is 1.82. The topological polar surface area (TPSA) is 328 Å². The fourth-order valence-corrected chi connectivity index (χ4v) is 8.91. The second-order valence-corrected chi connectivity index (χ2v) is 27.1. The van der Waals surface area contributed by atoms with Crippen LogP contribution in [0.2, 0.25) is 0 Å². The Morgan fingerprint density at radius 1 is 0.489 bits per heavy atom. The van der Waals surface area contributed by atoms with Gasteiger partial charge in [0.15, 0.2) is 0 Å². The van der Waals surface area contributed by atoms with Gasteiger partial charge in [-0.15, -0.1) is 19.3 Å². The van der Waals surface area contributed by atoms with Gasteiger partial charge < -0.3 is 44.7 Å². The zero-order valence-corrected chi connectivity index (χ0v) is 61.6. The van der Waals surface area contributed by atoms with Crippen molar-refractivity contribution in [3.05, 3.63) is 20.9 Å². The number of alkyl halides is 1. The van der Waals surface area contributed by atoms with E-state index < -0.39 is 22.2 Å². The standard InChI is InChI=1S/2C13H21N3O2.C12H22N6O2.C8H13BrN2O2.C7H17N4.C5H9N.K.H2O/c2*1-6-9-16(4,5)10-7-8-15-11(17)13(2,3)14-12(15)18;1-12(2)10(19)17(11(20)15-12)7-5-8-18(3,4)9-6-14-16-13;1-8(2)6(12)11(5-3-4-9)7(13)10-8;1-4-6-11(2,3)7-5-9-10-8;1-4-5-6(2)3;;/h2*1H,7-10H2,2-5H3;5-9H2,1-4H3;3-5H2,1-2H3,(H,10,13);4-7H2,1-3H3;1H,5H2,2-3H3;;1H2/q;;;;+1;;+1;/p+2. The quantitative estimate of drug-likeness (QED) is 0.0142. The molecule has 0 spiro atoms. The van der Waals surface area contributed by atoms with Gasteiger partial charge in [-0.1, -0.05) is 39.0 Å². The van der Waals surface area contributed by atoms with Gasteiger partial charge in [0.05, 0.1) is 115 Å². The molecule has 4 saturated heterocycles.